The maximum Gasteiger partial charge on any atom is 0.159 e. The second-order valence-corrected chi connectivity index (χ2v) is 6.16. The number of carbonyl (C=O) groups excluding carboxylic acids is 1. The molecule has 1 heterocycles. The third-order valence-electron chi connectivity index (χ3n) is 3.83. The third kappa shape index (κ3) is 3.30. The van der Waals surface area contributed by atoms with Crippen molar-refractivity contribution in [3.05, 3.63) is 40.1 Å². The molecule has 0 aromatic heterocycles. The molecule has 1 N–H and O–H groups in total. The highest BCUT2D eigenvalue weighted by Gasteiger charge is 2.24. The minimum atomic E-state index is 0.0718. The van der Waals surface area contributed by atoms with Crippen molar-refractivity contribution in [2.24, 2.45) is 0 Å². The van der Waals surface area contributed by atoms with Gasteiger partial charge in [0.1, 0.15) is 0 Å². The number of carbonyl (C=O) groups is 1. The van der Waals surface area contributed by atoms with Crippen LogP contribution in [-0.2, 0) is 0 Å². The standard InChI is InChI=1S/C16H22BrN3O/c1-5-14(6-2)19-10-11(3)20(18-19)16-8-7-13(12(4)21)9-15(16)17/h7-10,14,18H,5-6H2,1-4H3. The minimum absolute atomic E-state index is 0.0718. The molecule has 0 fully saturated rings. The van der Waals surface area contributed by atoms with Crippen molar-refractivity contribution in [3.63, 3.8) is 0 Å². The zero-order valence-corrected chi connectivity index (χ0v) is 14.6. The van der Waals surface area contributed by atoms with E-state index in [1.165, 1.54) is 0 Å². The van der Waals surface area contributed by atoms with Crippen LogP contribution in [0, 0.1) is 0 Å². The molecule has 4 nitrogen and oxygen atoms in total. The highest BCUT2D eigenvalue weighted by molar-refractivity contribution is 9.10. The van der Waals surface area contributed by atoms with Crippen molar-refractivity contribution in [1.29, 1.82) is 0 Å². The van der Waals surface area contributed by atoms with Crippen LogP contribution in [0.3, 0.4) is 0 Å². The van der Waals surface area contributed by atoms with E-state index in [0.717, 1.165) is 28.7 Å². The molecule has 1 aromatic rings. The topological polar surface area (TPSA) is 35.6 Å². The molecular weight excluding hydrogens is 330 g/mol. The molecule has 0 saturated heterocycles. The number of nitrogens with zero attached hydrogens (tertiary/aromatic N) is 2. The Kier molecular flexibility index (Phi) is 5.06. The van der Waals surface area contributed by atoms with Gasteiger partial charge < -0.3 is 0 Å². The average Bonchev–Trinajstić information content (AvgIpc) is 2.81. The molecule has 1 aliphatic heterocycles. The minimum Gasteiger partial charge on any atom is -0.295 e. The molecular formula is C16H22BrN3O. The van der Waals surface area contributed by atoms with Crippen molar-refractivity contribution >= 4 is 27.4 Å². The molecule has 1 aliphatic rings. The molecule has 5 heteroatoms. The Balaban J connectivity index is 2.24. The average molecular weight is 352 g/mol. The van der Waals surface area contributed by atoms with Gasteiger partial charge in [0.25, 0.3) is 0 Å². The Morgan fingerprint density at radius 2 is 2.00 bits per heavy atom. The quantitative estimate of drug-likeness (QED) is 0.804. The van der Waals surface area contributed by atoms with Gasteiger partial charge in [-0.1, -0.05) is 13.8 Å². The number of hydrogen-bond acceptors (Lipinski definition) is 4. The van der Waals surface area contributed by atoms with Crippen LogP contribution in [-0.4, -0.2) is 16.8 Å². The number of hydrazine groups is 2. The van der Waals surface area contributed by atoms with Gasteiger partial charge in [-0.2, -0.15) is 0 Å². The first kappa shape index (κ1) is 16.0. The Morgan fingerprint density at radius 3 is 2.52 bits per heavy atom. The maximum absolute atomic E-state index is 11.4. The fourth-order valence-corrected chi connectivity index (χ4v) is 3.06. The summed E-state index contributed by atoms with van der Waals surface area (Å²) < 4.78 is 0.904. The van der Waals surface area contributed by atoms with E-state index in [9.17, 15) is 4.79 Å². The van der Waals surface area contributed by atoms with Crippen molar-refractivity contribution in [2.75, 3.05) is 5.01 Å². The van der Waals surface area contributed by atoms with Gasteiger partial charge in [0.05, 0.1) is 11.4 Å². The Hall–Kier alpha value is -1.33. The molecule has 0 aliphatic carbocycles. The van der Waals surface area contributed by atoms with Crippen molar-refractivity contribution in [2.45, 2.75) is 46.6 Å². The zero-order chi connectivity index (χ0) is 15.6. The van der Waals surface area contributed by atoms with E-state index in [-0.39, 0.29) is 5.78 Å². The highest BCUT2D eigenvalue weighted by Crippen LogP contribution is 2.31. The molecule has 0 saturated carbocycles. The lowest BCUT2D eigenvalue weighted by molar-refractivity contribution is 0.101. The smallest absolute Gasteiger partial charge is 0.159 e. The fraction of sp³-hybridized carbons (Fsp3) is 0.438. The van der Waals surface area contributed by atoms with E-state index < -0.39 is 0 Å². The van der Waals surface area contributed by atoms with Gasteiger partial charge in [-0.15, -0.1) is 5.53 Å². The van der Waals surface area contributed by atoms with Gasteiger partial charge in [0.15, 0.2) is 5.78 Å². The van der Waals surface area contributed by atoms with Crippen LogP contribution >= 0.6 is 15.9 Å². The fourth-order valence-electron chi connectivity index (χ4n) is 2.50. The van der Waals surface area contributed by atoms with Gasteiger partial charge in [-0.3, -0.25) is 14.8 Å². The first-order valence-corrected chi connectivity index (χ1v) is 8.10. The van der Waals surface area contributed by atoms with E-state index in [4.69, 9.17) is 0 Å². The van der Waals surface area contributed by atoms with Gasteiger partial charge in [-0.25, -0.2) is 0 Å². The molecule has 0 spiro atoms. The van der Waals surface area contributed by atoms with Gasteiger partial charge >= 0.3 is 0 Å². The van der Waals surface area contributed by atoms with Crippen LogP contribution in [0.4, 0.5) is 5.69 Å². The normalized spacial score (nSPS) is 14.9. The predicted molar refractivity (Wildman–Crippen MR) is 89.7 cm³/mol. The Bertz CT molecular complexity index is 567. The summed E-state index contributed by atoms with van der Waals surface area (Å²) in [7, 11) is 0. The number of benzene rings is 1. The molecule has 0 bridgehead atoms. The molecule has 0 atom stereocenters. The lowest BCUT2D eigenvalue weighted by Gasteiger charge is -2.29. The van der Waals surface area contributed by atoms with Crippen LogP contribution in [0.5, 0.6) is 0 Å². The summed E-state index contributed by atoms with van der Waals surface area (Å²) in [5.74, 6) is 0.0718. The van der Waals surface area contributed by atoms with Crippen molar-refractivity contribution < 1.29 is 4.79 Å². The summed E-state index contributed by atoms with van der Waals surface area (Å²) in [6.45, 7) is 8.04. The third-order valence-corrected chi connectivity index (χ3v) is 4.46. The second kappa shape index (κ2) is 6.62. The molecule has 0 amide bonds. The van der Waals surface area contributed by atoms with E-state index in [1.54, 1.807) is 6.92 Å². The summed E-state index contributed by atoms with van der Waals surface area (Å²) in [5.41, 5.74) is 6.24. The number of allylic oxidation sites excluding steroid dienone is 1. The van der Waals surface area contributed by atoms with Crippen LogP contribution in [0.1, 0.15) is 50.9 Å². The number of rotatable bonds is 5. The molecule has 114 valence electrons. The number of ketones is 1. The van der Waals surface area contributed by atoms with E-state index in [2.05, 4.69) is 53.4 Å². The monoisotopic (exact) mass is 351 g/mol. The van der Waals surface area contributed by atoms with Crippen LogP contribution in [0.2, 0.25) is 0 Å². The maximum atomic E-state index is 11.4. The Morgan fingerprint density at radius 1 is 1.33 bits per heavy atom. The molecule has 0 unspecified atom stereocenters. The van der Waals surface area contributed by atoms with Gasteiger partial charge in [-0.05, 0) is 60.8 Å². The molecule has 2 rings (SSSR count). The first-order chi connectivity index (χ1) is 9.97. The highest BCUT2D eigenvalue weighted by atomic mass is 79.9. The summed E-state index contributed by atoms with van der Waals surface area (Å²) >= 11 is 3.56. The second-order valence-electron chi connectivity index (χ2n) is 5.31. The zero-order valence-electron chi connectivity index (χ0n) is 13.0. The molecule has 0 radical (unpaired) electrons. The molecule has 21 heavy (non-hydrogen) atoms. The summed E-state index contributed by atoms with van der Waals surface area (Å²) in [6.07, 6.45) is 4.31. The summed E-state index contributed by atoms with van der Waals surface area (Å²) in [6, 6.07) is 6.16. The predicted octanol–water partition coefficient (Wildman–Crippen LogP) is 4.24. The molecule has 1 aromatic carbocycles. The lowest BCUT2D eigenvalue weighted by Crippen LogP contribution is -2.45. The van der Waals surface area contributed by atoms with E-state index in [1.807, 2.05) is 23.2 Å². The van der Waals surface area contributed by atoms with Crippen LogP contribution in [0.25, 0.3) is 0 Å². The number of hydrogen-bond donors (Lipinski definition) is 1. The van der Waals surface area contributed by atoms with Gasteiger partial charge in [0.2, 0.25) is 0 Å². The van der Waals surface area contributed by atoms with Gasteiger partial charge in [0, 0.05) is 22.3 Å². The van der Waals surface area contributed by atoms with Crippen LogP contribution in [0.15, 0.2) is 34.6 Å². The first-order valence-electron chi connectivity index (χ1n) is 7.31. The number of nitrogens with one attached hydrogen (secondary N) is 1. The van der Waals surface area contributed by atoms with Crippen molar-refractivity contribution in [1.82, 2.24) is 10.5 Å². The largest absolute Gasteiger partial charge is 0.295 e. The number of anilines is 1. The summed E-state index contributed by atoms with van der Waals surface area (Å²) in [4.78, 5) is 11.4. The SMILES string of the molecule is CCC(CC)N1C=C(C)N(c2ccc(C(C)=O)cc2Br)N1. The van der Waals surface area contributed by atoms with E-state index in [0.29, 0.717) is 11.6 Å². The van der Waals surface area contributed by atoms with E-state index >= 15 is 0 Å². The summed E-state index contributed by atoms with van der Waals surface area (Å²) in [5, 5.41) is 4.19. The van der Waals surface area contributed by atoms with Crippen LogP contribution < -0.4 is 10.5 Å². The number of Topliss-reactive ketones (excluding diaryl/α,β-unsaturated/α-hetero) is 1. The number of halogens is 1. The Labute approximate surface area is 134 Å². The lowest BCUT2D eigenvalue weighted by atomic mass is 10.1. The van der Waals surface area contributed by atoms with Crippen molar-refractivity contribution in [3.8, 4) is 0 Å².